The molecule has 0 bridgehead atoms. The highest BCUT2D eigenvalue weighted by molar-refractivity contribution is 6.00. The lowest BCUT2D eigenvalue weighted by atomic mass is 9.98. The van der Waals surface area contributed by atoms with E-state index in [0.717, 1.165) is 24.0 Å². The minimum absolute atomic E-state index is 0.137. The van der Waals surface area contributed by atoms with Gasteiger partial charge in [0.05, 0.1) is 12.1 Å². The van der Waals surface area contributed by atoms with Crippen molar-refractivity contribution < 1.29 is 9.59 Å². The first-order chi connectivity index (χ1) is 13.0. The summed E-state index contributed by atoms with van der Waals surface area (Å²) >= 11 is 0. The Hall–Kier alpha value is -2.62. The van der Waals surface area contributed by atoms with E-state index in [1.165, 1.54) is 0 Å². The van der Waals surface area contributed by atoms with Crippen LogP contribution in [-0.2, 0) is 9.59 Å². The lowest BCUT2D eigenvalue weighted by Crippen LogP contribution is -2.42. The van der Waals surface area contributed by atoms with Crippen molar-refractivity contribution in [3.63, 3.8) is 0 Å². The van der Waals surface area contributed by atoms with Gasteiger partial charge in [-0.15, -0.1) is 0 Å². The molecule has 2 atom stereocenters. The van der Waals surface area contributed by atoms with Gasteiger partial charge < -0.3 is 10.6 Å². The Morgan fingerprint density at radius 3 is 1.56 bits per heavy atom. The quantitative estimate of drug-likeness (QED) is 0.640. The molecule has 2 aromatic carbocycles. The summed E-state index contributed by atoms with van der Waals surface area (Å²) in [7, 11) is 0. The number of amides is 2. The van der Waals surface area contributed by atoms with Crippen LogP contribution in [0, 0.1) is 5.92 Å². The van der Waals surface area contributed by atoms with Crippen LogP contribution in [0.5, 0.6) is 0 Å². The molecule has 4 heteroatoms. The molecule has 2 N–H and O–H groups in total. The van der Waals surface area contributed by atoms with Gasteiger partial charge in [-0.3, -0.25) is 9.59 Å². The van der Waals surface area contributed by atoms with Crippen LogP contribution in [0.25, 0.3) is 0 Å². The molecule has 0 aliphatic heterocycles. The van der Waals surface area contributed by atoms with E-state index >= 15 is 0 Å². The lowest BCUT2D eigenvalue weighted by Gasteiger charge is -2.22. The van der Waals surface area contributed by atoms with Gasteiger partial charge in [-0.25, -0.2) is 0 Å². The van der Waals surface area contributed by atoms with Gasteiger partial charge in [0, 0.05) is 0 Å². The SMILES string of the molecule is CCCCC(C(=O)N[C@H](C)c1ccccc1)C(=O)N[C@H](C)c1ccccc1. The summed E-state index contributed by atoms with van der Waals surface area (Å²) in [4.78, 5) is 25.6. The fourth-order valence-corrected chi connectivity index (χ4v) is 3.07. The summed E-state index contributed by atoms with van der Waals surface area (Å²) < 4.78 is 0. The topological polar surface area (TPSA) is 58.2 Å². The van der Waals surface area contributed by atoms with Crippen LogP contribution >= 0.6 is 0 Å². The van der Waals surface area contributed by atoms with Crippen LogP contribution in [0.1, 0.15) is 63.2 Å². The summed E-state index contributed by atoms with van der Waals surface area (Å²) in [5, 5.41) is 6.00. The number of rotatable bonds is 9. The Morgan fingerprint density at radius 2 is 1.19 bits per heavy atom. The van der Waals surface area contributed by atoms with Crippen molar-refractivity contribution in [1.82, 2.24) is 10.6 Å². The van der Waals surface area contributed by atoms with E-state index in [1.807, 2.05) is 74.5 Å². The maximum atomic E-state index is 12.8. The first kappa shape index (κ1) is 20.7. The van der Waals surface area contributed by atoms with Crippen LogP contribution in [-0.4, -0.2) is 11.8 Å². The van der Waals surface area contributed by atoms with E-state index in [0.29, 0.717) is 6.42 Å². The summed E-state index contributed by atoms with van der Waals surface area (Å²) in [6, 6.07) is 19.3. The molecule has 2 amide bonds. The Morgan fingerprint density at radius 1 is 0.778 bits per heavy atom. The molecule has 144 valence electrons. The van der Waals surface area contributed by atoms with Gasteiger partial charge in [-0.1, -0.05) is 80.4 Å². The minimum Gasteiger partial charge on any atom is -0.349 e. The summed E-state index contributed by atoms with van der Waals surface area (Å²) in [6.07, 6.45) is 2.33. The maximum Gasteiger partial charge on any atom is 0.233 e. The number of nitrogens with one attached hydrogen (secondary N) is 2. The van der Waals surface area contributed by atoms with Crippen molar-refractivity contribution >= 4 is 11.8 Å². The molecule has 2 rings (SSSR count). The van der Waals surface area contributed by atoms with Gasteiger partial charge in [-0.05, 0) is 31.4 Å². The molecule has 0 aromatic heterocycles. The molecule has 0 aliphatic carbocycles. The molecular weight excluding hydrogens is 336 g/mol. The predicted molar refractivity (Wildman–Crippen MR) is 109 cm³/mol. The molecule has 0 heterocycles. The molecule has 27 heavy (non-hydrogen) atoms. The largest absolute Gasteiger partial charge is 0.349 e. The van der Waals surface area contributed by atoms with E-state index in [1.54, 1.807) is 0 Å². The number of carbonyl (C=O) groups is 2. The van der Waals surface area contributed by atoms with Crippen LogP contribution in [0.15, 0.2) is 60.7 Å². The summed E-state index contributed by atoms with van der Waals surface area (Å²) in [5.41, 5.74) is 2.05. The lowest BCUT2D eigenvalue weighted by molar-refractivity contribution is -0.136. The van der Waals surface area contributed by atoms with Crippen molar-refractivity contribution in [3.05, 3.63) is 71.8 Å². The number of unbranched alkanes of at least 4 members (excludes halogenated alkanes) is 1. The number of carbonyl (C=O) groups excluding carboxylic acids is 2. The third-order valence-corrected chi connectivity index (χ3v) is 4.80. The Labute approximate surface area is 162 Å². The van der Waals surface area contributed by atoms with E-state index in [2.05, 4.69) is 17.6 Å². The molecule has 0 unspecified atom stereocenters. The number of benzene rings is 2. The van der Waals surface area contributed by atoms with Crippen LogP contribution in [0.2, 0.25) is 0 Å². The fourth-order valence-electron chi connectivity index (χ4n) is 3.07. The van der Waals surface area contributed by atoms with Crippen molar-refractivity contribution in [2.45, 2.75) is 52.1 Å². The van der Waals surface area contributed by atoms with Gasteiger partial charge in [0.1, 0.15) is 5.92 Å². The van der Waals surface area contributed by atoms with Crippen LogP contribution < -0.4 is 10.6 Å². The van der Waals surface area contributed by atoms with Crippen molar-refractivity contribution in [2.75, 3.05) is 0 Å². The minimum atomic E-state index is -0.678. The normalized spacial score (nSPS) is 13.0. The molecule has 0 spiro atoms. The molecule has 0 radical (unpaired) electrons. The van der Waals surface area contributed by atoms with Crippen molar-refractivity contribution in [3.8, 4) is 0 Å². The summed E-state index contributed by atoms with van der Waals surface area (Å²) in [6.45, 7) is 5.94. The van der Waals surface area contributed by atoms with E-state index in [9.17, 15) is 9.59 Å². The van der Waals surface area contributed by atoms with Gasteiger partial charge in [-0.2, -0.15) is 0 Å². The van der Waals surface area contributed by atoms with Gasteiger partial charge in [0.2, 0.25) is 11.8 Å². The summed E-state index contributed by atoms with van der Waals surface area (Å²) in [5.74, 6) is -1.10. The fraction of sp³-hybridized carbons (Fsp3) is 0.391. The smallest absolute Gasteiger partial charge is 0.233 e. The third-order valence-electron chi connectivity index (χ3n) is 4.80. The van der Waals surface area contributed by atoms with E-state index in [4.69, 9.17) is 0 Å². The zero-order chi connectivity index (χ0) is 19.6. The Balaban J connectivity index is 2.04. The average molecular weight is 367 g/mol. The highest BCUT2D eigenvalue weighted by Crippen LogP contribution is 2.17. The monoisotopic (exact) mass is 366 g/mol. The molecule has 0 saturated heterocycles. The van der Waals surface area contributed by atoms with Crippen molar-refractivity contribution in [2.24, 2.45) is 5.92 Å². The zero-order valence-corrected chi connectivity index (χ0v) is 16.4. The second-order valence-corrected chi connectivity index (χ2v) is 6.98. The highest BCUT2D eigenvalue weighted by Gasteiger charge is 2.28. The van der Waals surface area contributed by atoms with Gasteiger partial charge in [0.15, 0.2) is 0 Å². The predicted octanol–water partition coefficient (Wildman–Crippen LogP) is 4.55. The molecule has 0 aliphatic rings. The zero-order valence-electron chi connectivity index (χ0n) is 16.4. The second kappa shape index (κ2) is 10.5. The Bertz CT molecular complexity index is 656. The second-order valence-electron chi connectivity index (χ2n) is 6.98. The number of hydrogen-bond acceptors (Lipinski definition) is 2. The third kappa shape index (κ3) is 6.24. The van der Waals surface area contributed by atoms with Crippen LogP contribution in [0.3, 0.4) is 0 Å². The first-order valence-corrected chi connectivity index (χ1v) is 9.73. The highest BCUT2D eigenvalue weighted by atomic mass is 16.2. The molecular formula is C23H30N2O2. The standard InChI is InChI=1S/C23H30N2O2/c1-4-5-16-21(22(26)24-17(2)19-12-8-6-9-13-19)23(27)25-18(3)20-14-10-7-11-15-20/h6-15,17-18,21H,4-5,16H2,1-3H3,(H,24,26)(H,25,27)/t17-,18-/m1/s1. The Kier molecular flexibility index (Phi) is 8.05. The first-order valence-electron chi connectivity index (χ1n) is 9.73. The number of hydrogen-bond donors (Lipinski definition) is 2. The molecule has 0 fully saturated rings. The molecule has 4 nitrogen and oxygen atoms in total. The molecule has 2 aromatic rings. The van der Waals surface area contributed by atoms with Crippen LogP contribution in [0.4, 0.5) is 0 Å². The average Bonchev–Trinajstić information content (AvgIpc) is 2.69. The van der Waals surface area contributed by atoms with Gasteiger partial charge in [0.25, 0.3) is 0 Å². The van der Waals surface area contributed by atoms with E-state index in [-0.39, 0.29) is 23.9 Å². The van der Waals surface area contributed by atoms with E-state index < -0.39 is 5.92 Å². The van der Waals surface area contributed by atoms with Crippen molar-refractivity contribution in [1.29, 1.82) is 0 Å². The maximum absolute atomic E-state index is 12.8. The van der Waals surface area contributed by atoms with Gasteiger partial charge >= 0.3 is 0 Å². The molecule has 0 saturated carbocycles.